The molecule has 1 rings (SSSR count). The molecule has 152 valence electrons. The molecule has 5 nitrogen and oxygen atoms in total. The summed E-state index contributed by atoms with van der Waals surface area (Å²) in [5, 5.41) is 1.82. The third-order valence-corrected chi connectivity index (χ3v) is 6.04. The fraction of sp³-hybridized carbons (Fsp3) is 0.905. The molecule has 0 aromatic rings. The molecule has 0 saturated carbocycles. The van der Waals surface area contributed by atoms with Gasteiger partial charge in [0.15, 0.2) is 0 Å². The first-order valence-corrected chi connectivity index (χ1v) is 10.4. The Hall–Kier alpha value is -1.10. The number of carbonyl (C=O) groups excluding carboxylic acids is 2. The third-order valence-electron chi connectivity index (χ3n) is 6.04. The molecule has 26 heavy (non-hydrogen) atoms. The van der Waals surface area contributed by atoms with Crippen molar-refractivity contribution in [2.75, 3.05) is 13.1 Å². The maximum absolute atomic E-state index is 13.5. The molecular weight excluding hydrogens is 328 g/mol. The summed E-state index contributed by atoms with van der Waals surface area (Å²) in [5.41, 5.74) is -1.73. The molecule has 1 saturated heterocycles. The Balaban J connectivity index is 3.43. The number of piperazine rings is 1. The van der Waals surface area contributed by atoms with Crippen LogP contribution in [0.2, 0.25) is 0 Å². The smallest absolute Gasteiger partial charge is 0.330 e. The number of hydroxylamine groups is 2. The van der Waals surface area contributed by atoms with Crippen LogP contribution in [-0.4, -0.2) is 46.0 Å². The molecule has 1 heterocycles. The molecule has 0 atom stereocenters. The lowest BCUT2D eigenvalue weighted by Gasteiger charge is -2.57. The van der Waals surface area contributed by atoms with Crippen LogP contribution in [0.5, 0.6) is 0 Å². The Kier molecular flexibility index (Phi) is 7.70. The zero-order chi connectivity index (χ0) is 20.2. The van der Waals surface area contributed by atoms with Crippen LogP contribution < -0.4 is 0 Å². The van der Waals surface area contributed by atoms with E-state index < -0.39 is 11.0 Å². The van der Waals surface area contributed by atoms with Crippen molar-refractivity contribution in [2.24, 2.45) is 5.41 Å². The first-order chi connectivity index (χ1) is 12.1. The van der Waals surface area contributed by atoms with Gasteiger partial charge in [0.25, 0.3) is 0 Å². The number of rotatable bonds is 8. The summed E-state index contributed by atoms with van der Waals surface area (Å²) in [6.45, 7) is 17.4. The van der Waals surface area contributed by atoms with Crippen molar-refractivity contribution in [3.63, 3.8) is 0 Å². The van der Waals surface area contributed by atoms with Gasteiger partial charge < -0.3 is 9.74 Å². The van der Waals surface area contributed by atoms with Crippen LogP contribution in [-0.2, 0) is 14.4 Å². The lowest BCUT2D eigenvalue weighted by molar-refractivity contribution is -0.286. The predicted molar refractivity (Wildman–Crippen MR) is 106 cm³/mol. The first-order valence-electron chi connectivity index (χ1n) is 10.4. The van der Waals surface area contributed by atoms with Crippen molar-refractivity contribution < 1.29 is 14.4 Å². The van der Waals surface area contributed by atoms with E-state index in [0.717, 1.165) is 32.2 Å². The molecule has 0 spiro atoms. The van der Waals surface area contributed by atoms with Gasteiger partial charge in [0.1, 0.15) is 5.54 Å². The van der Waals surface area contributed by atoms with E-state index in [2.05, 4.69) is 20.8 Å². The zero-order valence-electron chi connectivity index (χ0n) is 18.3. The van der Waals surface area contributed by atoms with Crippen LogP contribution in [0.1, 0.15) is 93.9 Å². The summed E-state index contributed by atoms with van der Waals surface area (Å²) in [7, 11) is 0. The van der Waals surface area contributed by atoms with E-state index in [-0.39, 0.29) is 17.4 Å². The quantitative estimate of drug-likeness (QED) is 0.630. The summed E-state index contributed by atoms with van der Waals surface area (Å²) < 4.78 is 0. The summed E-state index contributed by atoms with van der Waals surface area (Å²) in [6.07, 6.45) is 4.98. The Morgan fingerprint density at radius 3 is 1.96 bits per heavy atom. The van der Waals surface area contributed by atoms with E-state index in [1.807, 2.05) is 44.6 Å². The van der Waals surface area contributed by atoms with Crippen molar-refractivity contribution in [3.8, 4) is 0 Å². The molecule has 1 fully saturated rings. The SMILES string of the molecule is CCCCN1CC(CC)(CC)N(OC(=O)C(C)(C)C)C(CC)(CC)C1=O. The van der Waals surface area contributed by atoms with E-state index >= 15 is 0 Å². The molecule has 1 aliphatic heterocycles. The van der Waals surface area contributed by atoms with E-state index in [1.165, 1.54) is 0 Å². The maximum Gasteiger partial charge on any atom is 0.330 e. The Morgan fingerprint density at radius 1 is 1.04 bits per heavy atom. The van der Waals surface area contributed by atoms with Crippen LogP contribution in [0, 0.1) is 5.41 Å². The van der Waals surface area contributed by atoms with Gasteiger partial charge in [0.05, 0.1) is 11.0 Å². The first kappa shape index (κ1) is 22.9. The van der Waals surface area contributed by atoms with Crippen LogP contribution in [0.3, 0.4) is 0 Å². The molecule has 0 aromatic heterocycles. The molecule has 0 N–H and O–H groups in total. The highest BCUT2D eigenvalue weighted by atomic mass is 16.7. The molecule has 0 bridgehead atoms. The van der Waals surface area contributed by atoms with Gasteiger partial charge in [-0.3, -0.25) is 4.79 Å². The van der Waals surface area contributed by atoms with Crippen LogP contribution in [0.25, 0.3) is 0 Å². The fourth-order valence-corrected chi connectivity index (χ4v) is 3.86. The monoisotopic (exact) mass is 368 g/mol. The van der Waals surface area contributed by atoms with E-state index in [9.17, 15) is 9.59 Å². The van der Waals surface area contributed by atoms with Crippen molar-refractivity contribution in [1.82, 2.24) is 9.96 Å². The van der Waals surface area contributed by atoms with Crippen LogP contribution in [0.4, 0.5) is 0 Å². The number of amides is 1. The van der Waals surface area contributed by atoms with E-state index in [4.69, 9.17) is 4.84 Å². The number of hydrogen-bond acceptors (Lipinski definition) is 4. The predicted octanol–water partition coefficient (Wildman–Crippen LogP) is 4.55. The molecule has 0 unspecified atom stereocenters. The Labute approximate surface area is 160 Å². The standard InChI is InChI=1S/C21H40N2O3/c1-9-14-15-22-16-20(10-2,11-3)23(26-18(25)19(6,7)8)21(12-4,13-5)17(22)24/h9-16H2,1-8H3. The molecule has 0 aromatic carbocycles. The summed E-state index contributed by atoms with van der Waals surface area (Å²) in [5.74, 6) is -0.167. The lowest BCUT2D eigenvalue weighted by atomic mass is 9.78. The maximum atomic E-state index is 13.5. The highest BCUT2D eigenvalue weighted by molar-refractivity contribution is 5.88. The van der Waals surface area contributed by atoms with Crippen molar-refractivity contribution >= 4 is 11.9 Å². The van der Waals surface area contributed by atoms with Gasteiger partial charge in [-0.2, -0.15) is 0 Å². The number of unbranched alkanes of at least 4 members (excludes halogenated alkanes) is 1. The molecule has 0 radical (unpaired) electrons. The van der Waals surface area contributed by atoms with Crippen molar-refractivity contribution in [1.29, 1.82) is 0 Å². The summed E-state index contributed by atoms with van der Waals surface area (Å²) in [6, 6.07) is 0. The minimum atomic E-state index is -0.779. The Bertz CT molecular complexity index is 488. The number of carbonyl (C=O) groups is 2. The van der Waals surface area contributed by atoms with Gasteiger partial charge in [-0.1, -0.05) is 41.0 Å². The number of nitrogens with zero attached hydrogens (tertiary/aromatic N) is 2. The minimum Gasteiger partial charge on any atom is -0.366 e. The van der Waals surface area contributed by atoms with Gasteiger partial charge >= 0.3 is 5.97 Å². The van der Waals surface area contributed by atoms with Crippen molar-refractivity contribution in [3.05, 3.63) is 0 Å². The molecular formula is C21H40N2O3. The van der Waals surface area contributed by atoms with Gasteiger partial charge in [-0.05, 0) is 52.9 Å². The van der Waals surface area contributed by atoms with Gasteiger partial charge in [0.2, 0.25) is 5.91 Å². The zero-order valence-corrected chi connectivity index (χ0v) is 18.3. The second-order valence-corrected chi connectivity index (χ2v) is 8.67. The highest BCUT2D eigenvalue weighted by Gasteiger charge is 2.58. The van der Waals surface area contributed by atoms with Crippen LogP contribution >= 0.6 is 0 Å². The largest absolute Gasteiger partial charge is 0.366 e. The Morgan fingerprint density at radius 2 is 1.58 bits per heavy atom. The normalized spacial score (nSPS) is 20.3. The highest BCUT2D eigenvalue weighted by Crippen LogP contribution is 2.42. The van der Waals surface area contributed by atoms with Gasteiger partial charge in [-0.25, -0.2) is 4.79 Å². The van der Waals surface area contributed by atoms with E-state index in [0.29, 0.717) is 19.4 Å². The van der Waals surface area contributed by atoms with Gasteiger partial charge in [0, 0.05) is 13.1 Å². The molecule has 1 amide bonds. The third kappa shape index (κ3) is 4.08. The van der Waals surface area contributed by atoms with Gasteiger partial charge in [-0.15, -0.1) is 5.06 Å². The molecule has 1 aliphatic rings. The van der Waals surface area contributed by atoms with Crippen molar-refractivity contribution in [2.45, 2.75) is 105 Å². The number of hydrogen-bond donors (Lipinski definition) is 0. The lowest BCUT2D eigenvalue weighted by Crippen LogP contribution is -2.74. The summed E-state index contributed by atoms with van der Waals surface area (Å²) >= 11 is 0. The average molecular weight is 369 g/mol. The topological polar surface area (TPSA) is 49.9 Å². The van der Waals surface area contributed by atoms with E-state index in [1.54, 1.807) is 0 Å². The molecule has 0 aliphatic carbocycles. The van der Waals surface area contributed by atoms with Crippen LogP contribution in [0.15, 0.2) is 0 Å². The molecule has 5 heteroatoms. The fourth-order valence-electron chi connectivity index (χ4n) is 3.86. The second-order valence-electron chi connectivity index (χ2n) is 8.67. The second kappa shape index (κ2) is 8.73. The summed E-state index contributed by atoms with van der Waals surface area (Å²) in [4.78, 5) is 34.3. The average Bonchev–Trinajstić information content (AvgIpc) is 2.61. The minimum absolute atomic E-state index is 0.107.